The topological polar surface area (TPSA) is 0 Å². The SMILES string of the molecule is CCCc1ccccc1C1=Cc2cccc(C)c2C1C. The van der Waals surface area contributed by atoms with Gasteiger partial charge in [-0.1, -0.05) is 68.8 Å². The van der Waals surface area contributed by atoms with Crippen LogP contribution in [-0.2, 0) is 6.42 Å². The average molecular weight is 262 g/mol. The lowest BCUT2D eigenvalue weighted by Gasteiger charge is -2.16. The van der Waals surface area contributed by atoms with Crippen LogP contribution >= 0.6 is 0 Å². The summed E-state index contributed by atoms with van der Waals surface area (Å²) in [6.45, 7) is 6.82. The van der Waals surface area contributed by atoms with E-state index in [4.69, 9.17) is 0 Å². The van der Waals surface area contributed by atoms with Gasteiger partial charge in [0.25, 0.3) is 0 Å². The van der Waals surface area contributed by atoms with Gasteiger partial charge in [-0.3, -0.25) is 0 Å². The molecule has 1 unspecified atom stereocenters. The molecule has 0 amide bonds. The lowest BCUT2D eigenvalue weighted by molar-refractivity contribution is 0.911. The quantitative estimate of drug-likeness (QED) is 0.675. The van der Waals surface area contributed by atoms with Crippen LogP contribution in [0.3, 0.4) is 0 Å². The second-order valence-corrected chi connectivity index (χ2v) is 5.81. The number of hydrogen-bond donors (Lipinski definition) is 0. The molecule has 0 heteroatoms. The van der Waals surface area contributed by atoms with Gasteiger partial charge in [0, 0.05) is 5.92 Å². The molecule has 0 aliphatic heterocycles. The van der Waals surface area contributed by atoms with Crippen LogP contribution in [0.15, 0.2) is 42.5 Å². The number of fused-ring (bicyclic) bond motifs is 1. The van der Waals surface area contributed by atoms with Gasteiger partial charge in [-0.05, 0) is 46.7 Å². The Morgan fingerprint density at radius 3 is 2.55 bits per heavy atom. The molecule has 1 aliphatic rings. The molecule has 0 heterocycles. The van der Waals surface area contributed by atoms with E-state index in [1.165, 1.54) is 39.8 Å². The molecule has 0 saturated carbocycles. The summed E-state index contributed by atoms with van der Waals surface area (Å²) in [6.07, 6.45) is 4.75. The number of aryl methyl sites for hydroxylation is 2. The van der Waals surface area contributed by atoms with E-state index in [1.807, 2.05) is 0 Å². The van der Waals surface area contributed by atoms with Crippen LogP contribution in [0.5, 0.6) is 0 Å². The van der Waals surface area contributed by atoms with Crippen molar-refractivity contribution >= 4 is 11.6 Å². The standard InChI is InChI=1S/C20H22/c1-4-8-16-10-5-6-12-18(16)19-13-17-11-7-9-14(2)20(17)15(19)3/h5-7,9-13,15H,4,8H2,1-3H3. The Morgan fingerprint density at radius 1 is 1.00 bits per heavy atom. The summed E-state index contributed by atoms with van der Waals surface area (Å²) in [5, 5.41) is 0. The van der Waals surface area contributed by atoms with Crippen LogP contribution < -0.4 is 0 Å². The van der Waals surface area contributed by atoms with Crippen LogP contribution in [0.2, 0.25) is 0 Å². The summed E-state index contributed by atoms with van der Waals surface area (Å²) >= 11 is 0. The van der Waals surface area contributed by atoms with Crippen LogP contribution in [0.25, 0.3) is 11.6 Å². The minimum absolute atomic E-state index is 0.504. The first-order valence-electron chi connectivity index (χ1n) is 7.61. The zero-order valence-electron chi connectivity index (χ0n) is 12.6. The van der Waals surface area contributed by atoms with Gasteiger partial charge in [0.1, 0.15) is 0 Å². The maximum absolute atomic E-state index is 2.39. The second-order valence-electron chi connectivity index (χ2n) is 5.81. The average Bonchev–Trinajstić information content (AvgIpc) is 2.78. The molecule has 1 aliphatic carbocycles. The molecule has 20 heavy (non-hydrogen) atoms. The summed E-state index contributed by atoms with van der Waals surface area (Å²) in [4.78, 5) is 0. The highest BCUT2D eigenvalue weighted by atomic mass is 14.3. The number of hydrogen-bond acceptors (Lipinski definition) is 0. The fraction of sp³-hybridized carbons (Fsp3) is 0.300. The summed E-state index contributed by atoms with van der Waals surface area (Å²) in [5.74, 6) is 0.504. The van der Waals surface area contributed by atoms with Gasteiger partial charge in [0.2, 0.25) is 0 Å². The molecule has 1 atom stereocenters. The maximum Gasteiger partial charge on any atom is 0.00758 e. The van der Waals surface area contributed by atoms with E-state index in [1.54, 1.807) is 0 Å². The molecule has 0 saturated heterocycles. The third-order valence-electron chi connectivity index (χ3n) is 4.42. The zero-order chi connectivity index (χ0) is 14.1. The first-order chi connectivity index (χ1) is 9.72. The van der Waals surface area contributed by atoms with E-state index in [9.17, 15) is 0 Å². The first-order valence-corrected chi connectivity index (χ1v) is 7.61. The highest BCUT2D eigenvalue weighted by molar-refractivity contribution is 5.92. The van der Waals surface area contributed by atoms with Gasteiger partial charge in [-0.2, -0.15) is 0 Å². The third-order valence-corrected chi connectivity index (χ3v) is 4.42. The molecular formula is C20H22. The molecule has 0 N–H and O–H groups in total. The largest absolute Gasteiger partial charge is 0.0651 e. The molecule has 2 aromatic carbocycles. The lowest BCUT2D eigenvalue weighted by Crippen LogP contribution is -1.99. The highest BCUT2D eigenvalue weighted by Crippen LogP contribution is 2.43. The molecule has 0 radical (unpaired) electrons. The van der Waals surface area contributed by atoms with Gasteiger partial charge in [-0.15, -0.1) is 0 Å². The Morgan fingerprint density at radius 2 is 1.80 bits per heavy atom. The van der Waals surface area contributed by atoms with Gasteiger partial charge in [0.15, 0.2) is 0 Å². The normalized spacial score (nSPS) is 16.9. The lowest BCUT2D eigenvalue weighted by atomic mass is 9.88. The molecule has 2 aromatic rings. The number of rotatable bonds is 3. The summed E-state index contributed by atoms with van der Waals surface area (Å²) in [7, 11) is 0. The van der Waals surface area contributed by atoms with Crippen molar-refractivity contribution in [3.05, 3.63) is 70.3 Å². The monoisotopic (exact) mass is 262 g/mol. The van der Waals surface area contributed by atoms with E-state index in [0.29, 0.717) is 5.92 Å². The fourth-order valence-corrected chi connectivity index (χ4v) is 3.47. The summed E-state index contributed by atoms with van der Waals surface area (Å²) in [6, 6.07) is 15.5. The fourth-order valence-electron chi connectivity index (χ4n) is 3.47. The molecule has 0 aromatic heterocycles. The maximum atomic E-state index is 2.39. The Balaban J connectivity index is 2.08. The third kappa shape index (κ3) is 2.10. The molecule has 3 rings (SSSR count). The van der Waals surface area contributed by atoms with Crippen LogP contribution in [0.1, 0.15) is 54.0 Å². The van der Waals surface area contributed by atoms with E-state index >= 15 is 0 Å². The van der Waals surface area contributed by atoms with Crippen molar-refractivity contribution in [3.8, 4) is 0 Å². The summed E-state index contributed by atoms with van der Waals surface area (Å²) < 4.78 is 0. The minimum Gasteiger partial charge on any atom is -0.0651 e. The van der Waals surface area contributed by atoms with E-state index < -0.39 is 0 Å². The van der Waals surface area contributed by atoms with Crippen molar-refractivity contribution in [3.63, 3.8) is 0 Å². The van der Waals surface area contributed by atoms with Crippen molar-refractivity contribution < 1.29 is 0 Å². The van der Waals surface area contributed by atoms with Gasteiger partial charge < -0.3 is 0 Å². The van der Waals surface area contributed by atoms with Gasteiger partial charge in [0.05, 0.1) is 0 Å². The molecule has 102 valence electrons. The van der Waals surface area contributed by atoms with Crippen LogP contribution in [0.4, 0.5) is 0 Å². The van der Waals surface area contributed by atoms with Crippen molar-refractivity contribution in [1.29, 1.82) is 0 Å². The van der Waals surface area contributed by atoms with Crippen molar-refractivity contribution in [2.75, 3.05) is 0 Å². The first kappa shape index (κ1) is 13.2. The van der Waals surface area contributed by atoms with E-state index in [2.05, 4.69) is 69.3 Å². The molecule has 0 spiro atoms. The molecule has 0 fully saturated rings. The van der Waals surface area contributed by atoms with E-state index in [0.717, 1.165) is 6.42 Å². The zero-order valence-corrected chi connectivity index (χ0v) is 12.6. The van der Waals surface area contributed by atoms with Crippen molar-refractivity contribution in [2.24, 2.45) is 0 Å². The predicted molar refractivity (Wildman–Crippen MR) is 87.9 cm³/mol. The molecular weight excluding hydrogens is 240 g/mol. The van der Waals surface area contributed by atoms with Gasteiger partial charge >= 0.3 is 0 Å². The Labute approximate surface area is 122 Å². The van der Waals surface area contributed by atoms with Crippen molar-refractivity contribution in [2.45, 2.75) is 39.5 Å². The predicted octanol–water partition coefficient (Wildman–Crippen LogP) is 5.61. The second kappa shape index (κ2) is 5.28. The van der Waals surface area contributed by atoms with Crippen molar-refractivity contribution in [1.82, 2.24) is 0 Å². The van der Waals surface area contributed by atoms with E-state index in [-0.39, 0.29) is 0 Å². The Bertz CT molecular complexity index is 661. The minimum atomic E-state index is 0.504. The van der Waals surface area contributed by atoms with Crippen LogP contribution in [0, 0.1) is 6.92 Å². The smallest absolute Gasteiger partial charge is 0.00758 e. The highest BCUT2D eigenvalue weighted by Gasteiger charge is 2.24. The Hall–Kier alpha value is -1.82. The molecule has 0 nitrogen and oxygen atoms in total. The molecule has 0 bridgehead atoms. The number of benzene rings is 2. The van der Waals surface area contributed by atoms with Gasteiger partial charge in [-0.25, -0.2) is 0 Å². The summed E-state index contributed by atoms with van der Waals surface area (Å²) in [5.41, 5.74) is 8.73. The van der Waals surface area contributed by atoms with Crippen LogP contribution in [-0.4, -0.2) is 0 Å². The number of allylic oxidation sites excluding steroid dienone is 1. The Kier molecular flexibility index (Phi) is 3.48.